The van der Waals surface area contributed by atoms with Gasteiger partial charge in [0.2, 0.25) is 5.91 Å². The molecule has 2 rings (SSSR count). The molecule has 0 aliphatic heterocycles. The average Bonchev–Trinajstić information content (AvgIpc) is 2.47. The Morgan fingerprint density at radius 1 is 1.19 bits per heavy atom. The summed E-state index contributed by atoms with van der Waals surface area (Å²) in [6.07, 6.45) is 4.61. The number of carbonyl (C=O) groups excluding carboxylic acids is 1. The van der Waals surface area contributed by atoms with Gasteiger partial charge in [0.15, 0.2) is 0 Å². The number of hydrogen-bond donors (Lipinski definition) is 2. The number of carboxylic acid groups (broad SMARTS) is 1. The van der Waals surface area contributed by atoms with Gasteiger partial charge in [0.25, 0.3) is 0 Å². The first-order valence-electron chi connectivity index (χ1n) is 6.30. The minimum Gasteiger partial charge on any atom is -0.478 e. The summed E-state index contributed by atoms with van der Waals surface area (Å²) in [6.45, 7) is 1.88. The molecule has 1 aromatic carbocycles. The zero-order valence-corrected chi connectivity index (χ0v) is 11.4. The number of benzene rings is 1. The number of para-hydroxylation sites is 1. The molecule has 2 aromatic rings. The number of amides is 1. The van der Waals surface area contributed by atoms with Crippen molar-refractivity contribution in [3.05, 3.63) is 65.5 Å². The molecule has 1 heterocycles. The molecule has 0 atom stereocenters. The van der Waals surface area contributed by atoms with Crippen LogP contribution in [0.3, 0.4) is 0 Å². The molecule has 0 saturated heterocycles. The van der Waals surface area contributed by atoms with Gasteiger partial charge in [0.1, 0.15) is 0 Å². The quantitative estimate of drug-likeness (QED) is 0.845. The highest BCUT2D eigenvalue weighted by atomic mass is 16.4. The predicted molar refractivity (Wildman–Crippen MR) is 80.0 cm³/mol. The van der Waals surface area contributed by atoms with Gasteiger partial charge in [0, 0.05) is 18.0 Å². The summed E-state index contributed by atoms with van der Waals surface area (Å²) in [6, 6.07) is 9.94. The van der Waals surface area contributed by atoms with Crippen molar-refractivity contribution in [3.63, 3.8) is 0 Å². The Labute approximate surface area is 122 Å². The van der Waals surface area contributed by atoms with Crippen molar-refractivity contribution in [2.24, 2.45) is 0 Å². The zero-order chi connectivity index (χ0) is 15.2. The number of aromatic nitrogens is 1. The van der Waals surface area contributed by atoms with Crippen LogP contribution >= 0.6 is 0 Å². The monoisotopic (exact) mass is 282 g/mol. The lowest BCUT2D eigenvalue weighted by atomic mass is 10.2. The zero-order valence-electron chi connectivity index (χ0n) is 11.4. The Kier molecular flexibility index (Phi) is 4.46. The third-order valence-corrected chi connectivity index (χ3v) is 2.78. The molecule has 0 fully saturated rings. The molecule has 1 amide bonds. The molecule has 5 heteroatoms. The van der Waals surface area contributed by atoms with E-state index >= 15 is 0 Å². The van der Waals surface area contributed by atoms with Gasteiger partial charge >= 0.3 is 5.97 Å². The minimum absolute atomic E-state index is 0.0521. The maximum atomic E-state index is 11.8. The molecule has 0 aliphatic carbocycles. The second-order valence-electron chi connectivity index (χ2n) is 4.41. The first-order valence-corrected chi connectivity index (χ1v) is 6.30. The summed E-state index contributed by atoms with van der Waals surface area (Å²) in [5.41, 5.74) is 2.01. The smallest absolute Gasteiger partial charge is 0.337 e. The Hall–Kier alpha value is -2.95. The van der Waals surface area contributed by atoms with E-state index in [0.29, 0.717) is 0 Å². The molecule has 5 nitrogen and oxygen atoms in total. The number of anilines is 1. The minimum atomic E-state index is -1.09. The summed E-state index contributed by atoms with van der Waals surface area (Å²) in [5.74, 6) is -1.48. The van der Waals surface area contributed by atoms with Crippen LogP contribution in [0.25, 0.3) is 6.08 Å². The first-order chi connectivity index (χ1) is 10.1. The number of carboxylic acids is 1. The third kappa shape index (κ3) is 4.01. The molecule has 21 heavy (non-hydrogen) atoms. The van der Waals surface area contributed by atoms with Crippen molar-refractivity contribution in [2.75, 3.05) is 5.32 Å². The van der Waals surface area contributed by atoms with Crippen LogP contribution in [-0.4, -0.2) is 22.0 Å². The molecule has 0 radical (unpaired) electrons. The van der Waals surface area contributed by atoms with E-state index in [4.69, 9.17) is 5.11 Å². The Bertz CT molecular complexity index is 691. The second kappa shape index (κ2) is 6.47. The maximum Gasteiger partial charge on any atom is 0.337 e. The van der Waals surface area contributed by atoms with Crippen molar-refractivity contribution in [1.29, 1.82) is 0 Å². The van der Waals surface area contributed by atoms with Crippen LogP contribution < -0.4 is 5.32 Å². The van der Waals surface area contributed by atoms with Crippen molar-refractivity contribution in [3.8, 4) is 0 Å². The predicted octanol–water partition coefficient (Wildman–Crippen LogP) is 2.74. The third-order valence-electron chi connectivity index (χ3n) is 2.78. The van der Waals surface area contributed by atoms with Crippen molar-refractivity contribution >= 4 is 23.6 Å². The molecule has 0 bridgehead atoms. The SMILES string of the molecule is Cc1ccc(/C=C/C(=O)Nc2ccccc2C(=O)O)cn1. The number of pyridine rings is 1. The number of carbonyl (C=O) groups is 2. The molecular weight excluding hydrogens is 268 g/mol. The number of aromatic carboxylic acids is 1. The fourth-order valence-corrected chi connectivity index (χ4v) is 1.70. The van der Waals surface area contributed by atoms with E-state index in [1.807, 2.05) is 19.1 Å². The van der Waals surface area contributed by atoms with Gasteiger partial charge in [0.05, 0.1) is 11.3 Å². The van der Waals surface area contributed by atoms with Crippen LogP contribution in [0.5, 0.6) is 0 Å². The topological polar surface area (TPSA) is 79.3 Å². The van der Waals surface area contributed by atoms with Crippen LogP contribution in [0.1, 0.15) is 21.6 Å². The summed E-state index contributed by atoms with van der Waals surface area (Å²) < 4.78 is 0. The fourth-order valence-electron chi connectivity index (χ4n) is 1.70. The van der Waals surface area contributed by atoms with E-state index in [1.165, 1.54) is 12.1 Å². The highest BCUT2D eigenvalue weighted by Crippen LogP contribution is 2.15. The molecule has 0 aliphatic rings. The molecule has 1 aromatic heterocycles. The molecule has 0 saturated carbocycles. The number of nitrogens with zero attached hydrogens (tertiary/aromatic N) is 1. The van der Waals surface area contributed by atoms with Gasteiger partial charge in [-0.2, -0.15) is 0 Å². The molecule has 2 N–H and O–H groups in total. The lowest BCUT2D eigenvalue weighted by Crippen LogP contribution is -2.11. The second-order valence-corrected chi connectivity index (χ2v) is 4.41. The van der Waals surface area contributed by atoms with Crippen LogP contribution in [0, 0.1) is 6.92 Å². The van der Waals surface area contributed by atoms with Gasteiger partial charge in [-0.25, -0.2) is 4.79 Å². The molecular formula is C16H14N2O3. The largest absolute Gasteiger partial charge is 0.478 e. The van der Waals surface area contributed by atoms with Crippen molar-refractivity contribution in [2.45, 2.75) is 6.92 Å². The number of hydrogen-bond acceptors (Lipinski definition) is 3. The van der Waals surface area contributed by atoms with Crippen LogP contribution in [0.15, 0.2) is 48.7 Å². The normalized spacial score (nSPS) is 10.5. The highest BCUT2D eigenvalue weighted by molar-refractivity contribution is 6.06. The Morgan fingerprint density at radius 3 is 2.62 bits per heavy atom. The maximum absolute atomic E-state index is 11.8. The summed E-state index contributed by atoms with van der Waals surface area (Å²) >= 11 is 0. The van der Waals surface area contributed by atoms with Crippen LogP contribution in [0.2, 0.25) is 0 Å². The first kappa shape index (κ1) is 14.5. The van der Waals surface area contributed by atoms with E-state index < -0.39 is 11.9 Å². The lowest BCUT2D eigenvalue weighted by Gasteiger charge is -2.05. The van der Waals surface area contributed by atoms with Crippen LogP contribution in [0.4, 0.5) is 5.69 Å². The number of rotatable bonds is 4. The van der Waals surface area contributed by atoms with E-state index in [0.717, 1.165) is 11.3 Å². The molecule has 106 valence electrons. The van der Waals surface area contributed by atoms with Gasteiger partial charge in [-0.3, -0.25) is 9.78 Å². The van der Waals surface area contributed by atoms with E-state index in [2.05, 4.69) is 10.3 Å². The summed E-state index contributed by atoms with van der Waals surface area (Å²) in [4.78, 5) is 27.0. The fraction of sp³-hybridized carbons (Fsp3) is 0.0625. The molecule has 0 spiro atoms. The number of nitrogens with one attached hydrogen (secondary N) is 1. The van der Waals surface area contributed by atoms with Gasteiger partial charge in [-0.05, 0) is 36.8 Å². The van der Waals surface area contributed by atoms with Gasteiger partial charge in [-0.1, -0.05) is 18.2 Å². The lowest BCUT2D eigenvalue weighted by molar-refractivity contribution is -0.111. The Morgan fingerprint density at radius 2 is 1.95 bits per heavy atom. The van der Waals surface area contributed by atoms with E-state index in [9.17, 15) is 9.59 Å². The summed E-state index contributed by atoms with van der Waals surface area (Å²) in [5, 5.41) is 11.6. The van der Waals surface area contributed by atoms with Crippen molar-refractivity contribution < 1.29 is 14.7 Å². The van der Waals surface area contributed by atoms with Gasteiger partial charge < -0.3 is 10.4 Å². The van der Waals surface area contributed by atoms with Gasteiger partial charge in [-0.15, -0.1) is 0 Å². The summed E-state index contributed by atoms with van der Waals surface area (Å²) in [7, 11) is 0. The average molecular weight is 282 g/mol. The van der Waals surface area contributed by atoms with E-state index in [-0.39, 0.29) is 11.3 Å². The standard InChI is InChI=1S/C16H14N2O3/c1-11-6-7-12(10-17-11)8-9-15(19)18-14-5-3-2-4-13(14)16(20)21/h2-10H,1H3,(H,18,19)(H,20,21)/b9-8+. The van der Waals surface area contributed by atoms with Crippen molar-refractivity contribution in [1.82, 2.24) is 4.98 Å². The Balaban J connectivity index is 2.08. The molecule has 0 unspecified atom stereocenters. The number of aryl methyl sites for hydroxylation is 1. The van der Waals surface area contributed by atoms with E-state index in [1.54, 1.807) is 30.5 Å². The van der Waals surface area contributed by atoms with Crippen LogP contribution in [-0.2, 0) is 4.79 Å². The highest BCUT2D eigenvalue weighted by Gasteiger charge is 2.09.